The molecule has 3 rings (SSSR count). The maximum absolute atomic E-state index is 13.0. The van der Waals surface area contributed by atoms with E-state index in [4.69, 9.17) is 4.74 Å². The van der Waals surface area contributed by atoms with Gasteiger partial charge in [-0.3, -0.25) is 0 Å². The Kier molecular flexibility index (Phi) is 4.67. The third kappa shape index (κ3) is 2.95. The quantitative estimate of drug-likeness (QED) is 0.673. The maximum atomic E-state index is 13.0. The van der Waals surface area contributed by atoms with Gasteiger partial charge in [-0.2, -0.15) is 9.40 Å². The second-order valence-electron chi connectivity index (χ2n) is 5.89. The van der Waals surface area contributed by atoms with Crippen molar-refractivity contribution in [2.45, 2.75) is 23.8 Å². The highest BCUT2D eigenvalue weighted by Gasteiger charge is 2.42. The van der Waals surface area contributed by atoms with Crippen LogP contribution in [0.5, 0.6) is 0 Å². The third-order valence-electron chi connectivity index (χ3n) is 4.20. The molecule has 1 aliphatic heterocycles. The first-order chi connectivity index (χ1) is 11.4. The predicted octanol–water partition coefficient (Wildman–Crippen LogP) is -0.746. The molecule has 10 nitrogen and oxygen atoms in total. The van der Waals surface area contributed by atoms with Crippen molar-refractivity contribution < 1.29 is 13.2 Å². The molecule has 1 saturated heterocycles. The fraction of sp³-hybridized carbons (Fsp3) is 0.615. The van der Waals surface area contributed by atoms with Crippen LogP contribution in [-0.4, -0.2) is 82.7 Å². The van der Waals surface area contributed by atoms with Crippen molar-refractivity contribution in [3.8, 4) is 0 Å². The fourth-order valence-electron chi connectivity index (χ4n) is 2.98. The summed E-state index contributed by atoms with van der Waals surface area (Å²) in [7, 11) is 1.68. The van der Waals surface area contributed by atoms with Gasteiger partial charge in [-0.25, -0.2) is 17.8 Å². The minimum Gasteiger partial charge on any atom is -0.362 e. The van der Waals surface area contributed by atoms with E-state index in [1.165, 1.54) is 28.4 Å². The molecule has 2 atom stereocenters. The van der Waals surface area contributed by atoms with Gasteiger partial charge in [0.15, 0.2) is 5.03 Å². The number of nitrogens with zero attached hydrogens (tertiary/aromatic N) is 7. The largest absolute Gasteiger partial charge is 0.362 e. The second kappa shape index (κ2) is 6.59. The van der Waals surface area contributed by atoms with E-state index in [-0.39, 0.29) is 23.8 Å². The molecule has 0 amide bonds. The molecule has 2 aromatic heterocycles. The maximum Gasteiger partial charge on any atom is 0.260 e. The van der Waals surface area contributed by atoms with Crippen LogP contribution in [0.1, 0.15) is 6.04 Å². The van der Waals surface area contributed by atoms with Gasteiger partial charge in [0.2, 0.25) is 0 Å². The summed E-state index contributed by atoms with van der Waals surface area (Å²) in [6.07, 6.45) is 4.81. The molecular weight excluding hydrogens is 334 g/mol. The summed E-state index contributed by atoms with van der Waals surface area (Å²) in [6.45, 7) is 0.781. The Labute approximate surface area is 140 Å². The Morgan fingerprint density at radius 1 is 1.33 bits per heavy atom. The van der Waals surface area contributed by atoms with Gasteiger partial charge in [0.05, 0.1) is 18.4 Å². The molecule has 11 heteroatoms. The molecule has 24 heavy (non-hydrogen) atoms. The molecule has 0 bridgehead atoms. The third-order valence-corrected chi connectivity index (χ3v) is 6.06. The number of ether oxygens (including phenoxy) is 1. The molecule has 0 radical (unpaired) electrons. The summed E-state index contributed by atoms with van der Waals surface area (Å²) in [5.41, 5.74) is 0. The normalized spacial score (nSPS) is 22.5. The van der Waals surface area contributed by atoms with Crippen molar-refractivity contribution in [1.29, 1.82) is 0 Å². The molecule has 0 saturated carbocycles. The average molecular weight is 355 g/mol. The van der Waals surface area contributed by atoms with E-state index >= 15 is 0 Å². The summed E-state index contributed by atoms with van der Waals surface area (Å²) >= 11 is 0. The number of sulfonamides is 1. The zero-order valence-electron chi connectivity index (χ0n) is 13.8. The number of hydrogen-bond acceptors (Lipinski definition) is 7. The van der Waals surface area contributed by atoms with E-state index in [1.54, 1.807) is 17.1 Å². The van der Waals surface area contributed by atoms with Crippen molar-refractivity contribution in [1.82, 2.24) is 34.0 Å². The number of hydrogen-bond donors (Lipinski definition) is 0. The lowest BCUT2D eigenvalue weighted by Gasteiger charge is -2.24. The highest BCUT2D eigenvalue weighted by atomic mass is 32.2. The Morgan fingerprint density at radius 2 is 2.12 bits per heavy atom. The molecule has 0 aliphatic carbocycles. The first kappa shape index (κ1) is 17.0. The van der Waals surface area contributed by atoms with Crippen molar-refractivity contribution >= 4 is 10.0 Å². The van der Waals surface area contributed by atoms with Crippen LogP contribution in [0, 0.1) is 0 Å². The van der Waals surface area contributed by atoms with E-state index in [0.29, 0.717) is 13.1 Å². The van der Waals surface area contributed by atoms with E-state index in [0.717, 1.165) is 0 Å². The van der Waals surface area contributed by atoms with Gasteiger partial charge in [0.1, 0.15) is 6.73 Å². The minimum absolute atomic E-state index is 0.000251. The Bertz CT molecular complexity index is 771. The summed E-state index contributed by atoms with van der Waals surface area (Å²) in [5, 5.41) is 12.0. The predicted molar refractivity (Wildman–Crippen MR) is 84.5 cm³/mol. The summed E-state index contributed by atoms with van der Waals surface area (Å²) in [6, 6.07) is 1.39. The highest BCUT2D eigenvalue weighted by molar-refractivity contribution is 7.89. The van der Waals surface area contributed by atoms with Gasteiger partial charge >= 0.3 is 0 Å². The standard InChI is InChI=1S/C13H21N7O3S/c1-17(2)11-8-18(9-12(11)19-7-6-14-16-19)24(21,22)13-4-5-15-20(13)10-23-3/h4-7,11-12H,8-10H2,1-3H3/t11-,12+/m1/s1. The summed E-state index contributed by atoms with van der Waals surface area (Å²) in [4.78, 5) is 2.01. The molecule has 0 spiro atoms. The molecule has 132 valence electrons. The lowest BCUT2D eigenvalue weighted by molar-refractivity contribution is 0.112. The number of aromatic nitrogens is 5. The number of likely N-dealkylation sites (N-methyl/N-ethyl adjacent to an activating group) is 1. The summed E-state index contributed by atoms with van der Waals surface area (Å²) < 4.78 is 35.6. The van der Waals surface area contributed by atoms with Crippen LogP contribution in [0.25, 0.3) is 0 Å². The average Bonchev–Trinajstić information content (AvgIpc) is 3.27. The molecule has 2 aromatic rings. The molecule has 1 fully saturated rings. The van der Waals surface area contributed by atoms with Crippen LogP contribution < -0.4 is 0 Å². The first-order valence-electron chi connectivity index (χ1n) is 7.48. The Morgan fingerprint density at radius 3 is 2.75 bits per heavy atom. The fourth-order valence-corrected chi connectivity index (χ4v) is 4.55. The van der Waals surface area contributed by atoms with Crippen LogP contribution in [0.15, 0.2) is 29.7 Å². The van der Waals surface area contributed by atoms with Crippen LogP contribution in [0.3, 0.4) is 0 Å². The number of methoxy groups -OCH3 is 1. The van der Waals surface area contributed by atoms with Crippen molar-refractivity contribution in [3.05, 3.63) is 24.7 Å². The van der Waals surface area contributed by atoms with Gasteiger partial charge in [0, 0.05) is 32.4 Å². The zero-order chi connectivity index (χ0) is 17.3. The van der Waals surface area contributed by atoms with E-state index in [2.05, 4.69) is 15.4 Å². The van der Waals surface area contributed by atoms with Crippen molar-refractivity contribution in [2.75, 3.05) is 34.3 Å². The van der Waals surface area contributed by atoms with Crippen LogP contribution in [0.4, 0.5) is 0 Å². The van der Waals surface area contributed by atoms with E-state index in [9.17, 15) is 8.42 Å². The lowest BCUT2D eigenvalue weighted by atomic mass is 10.1. The Hall–Kier alpha value is -1.82. The summed E-state index contributed by atoms with van der Waals surface area (Å²) in [5.74, 6) is 0. The van der Waals surface area contributed by atoms with Crippen LogP contribution in [-0.2, 0) is 21.5 Å². The molecule has 0 N–H and O–H groups in total. The van der Waals surface area contributed by atoms with Crippen molar-refractivity contribution in [2.24, 2.45) is 0 Å². The van der Waals surface area contributed by atoms with Gasteiger partial charge in [0.25, 0.3) is 10.0 Å². The van der Waals surface area contributed by atoms with Gasteiger partial charge in [-0.1, -0.05) is 5.21 Å². The second-order valence-corrected chi connectivity index (χ2v) is 7.77. The zero-order valence-corrected chi connectivity index (χ0v) is 14.7. The van der Waals surface area contributed by atoms with Gasteiger partial charge in [-0.05, 0) is 20.2 Å². The molecule has 0 unspecified atom stereocenters. The molecule has 0 aromatic carbocycles. The van der Waals surface area contributed by atoms with Gasteiger partial charge in [-0.15, -0.1) is 5.10 Å². The van der Waals surface area contributed by atoms with E-state index in [1.807, 2.05) is 19.0 Å². The lowest BCUT2D eigenvalue weighted by Crippen LogP contribution is -2.37. The first-order valence-corrected chi connectivity index (χ1v) is 8.92. The number of rotatable bonds is 6. The van der Waals surface area contributed by atoms with Crippen molar-refractivity contribution in [3.63, 3.8) is 0 Å². The van der Waals surface area contributed by atoms with Crippen LogP contribution >= 0.6 is 0 Å². The monoisotopic (exact) mass is 355 g/mol. The SMILES string of the molecule is COCn1nccc1S(=O)(=O)N1C[C@@H](N(C)C)[C@@H](n2ccnn2)C1. The minimum atomic E-state index is -3.67. The molecule has 1 aliphatic rings. The topological polar surface area (TPSA) is 98.4 Å². The molecular formula is C13H21N7O3S. The van der Waals surface area contributed by atoms with Gasteiger partial charge < -0.3 is 9.64 Å². The molecule has 3 heterocycles. The smallest absolute Gasteiger partial charge is 0.260 e. The van der Waals surface area contributed by atoms with E-state index < -0.39 is 10.0 Å². The highest BCUT2D eigenvalue weighted by Crippen LogP contribution is 2.29. The van der Waals surface area contributed by atoms with Crippen LogP contribution in [0.2, 0.25) is 0 Å². The Balaban J connectivity index is 1.90.